The van der Waals surface area contributed by atoms with Crippen molar-refractivity contribution in [1.29, 1.82) is 0 Å². The highest BCUT2D eigenvalue weighted by Gasteiger charge is 2.65. The van der Waals surface area contributed by atoms with Crippen molar-refractivity contribution in [2.75, 3.05) is 18.6 Å². The molecule has 2 aromatic rings. The molecule has 0 aliphatic carbocycles. The number of methoxy groups -OCH3 is 1. The number of rotatable bonds is 5. The smallest absolute Gasteiger partial charge is 0.416 e. The molecule has 0 N–H and O–H groups in total. The van der Waals surface area contributed by atoms with Crippen molar-refractivity contribution < 1.29 is 58.6 Å². The molecule has 2 atom stereocenters. The third kappa shape index (κ3) is 6.03. The number of ether oxygens (including phenoxy) is 2. The molecule has 2 aromatic carbocycles. The first-order valence-corrected chi connectivity index (χ1v) is 12.2. The molecule has 0 saturated heterocycles. The van der Waals surface area contributed by atoms with Gasteiger partial charge in [-0.25, -0.2) is 9.59 Å². The van der Waals surface area contributed by atoms with E-state index in [4.69, 9.17) is 4.74 Å². The summed E-state index contributed by atoms with van der Waals surface area (Å²) in [7, 11) is 0.726. The maximum atomic E-state index is 15.3. The standard InChI is InChI=1S/C26H25F9N2O4/c1-4-18-13-23(26(33,34)35,19-8-6-7-9-20(19)37(18)22(39)41-5-2)36(21(38)40-3)14-15-10-16(24(27,28)29)12-17(11-15)25(30,31)32/h6-12,18H,4-5,13-14H2,1-3H3. The van der Waals surface area contributed by atoms with Gasteiger partial charge in [-0.15, -0.1) is 0 Å². The van der Waals surface area contributed by atoms with Crippen LogP contribution in [0.4, 0.5) is 54.8 Å². The Hall–Kier alpha value is -3.65. The van der Waals surface area contributed by atoms with Crippen LogP contribution < -0.4 is 4.90 Å². The largest absolute Gasteiger partial charge is 0.453 e. The number of carbonyl (C=O) groups excluding carboxylic acids is 2. The fraction of sp³-hybridized carbons (Fsp3) is 0.462. The molecule has 226 valence electrons. The Morgan fingerprint density at radius 2 is 1.51 bits per heavy atom. The molecule has 0 radical (unpaired) electrons. The number of hydrogen-bond acceptors (Lipinski definition) is 4. The normalized spacial score (nSPS) is 19.4. The molecular weight excluding hydrogens is 575 g/mol. The summed E-state index contributed by atoms with van der Waals surface area (Å²) in [6.45, 7) is 1.50. The van der Waals surface area contributed by atoms with Gasteiger partial charge in [0.05, 0.1) is 37.1 Å². The number of hydrogen-bond donors (Lipinski definition) is 0. The lowest BCUT2D eigenvalue weighted by Crippen LogP contribution is -2.64. The highest BCUT2D eigenvalue weighted by molar-refractivity contribution is 5.91. The summed E-state index contributed by atoms with van der Waals surface area (Å²) in [6.07, 6.45) is -19.6. The predicted molar refractivity (Wildman–Crippen MR) is 127 cm³/mol. The van der Waals surface area contributed by atoms with Gasteiger partial charge in [0.25, 0.3) is 0 Å². The Morgan fingerprint density at radius 1 is 0.951 bits per heavy atom. The van der Waals surface area contributed by atoms with Gasteiger partial charge in [-0.3, -0.25) is 9.80 Å². The molecular formula is C26H25F9N2O4. The summed E-state index contributed by atoms with van der Waals surface area (Å²) < 4.78 is 136. The molecule has 0 aromatic heterocycles. The Kier molecular flexibility index (Phi) is 8.80. The van der Waals surface area contributed by atoms with Crippen LogP contribution in [0.15, 0.2) is 42.5 Å². The zero-order valence-electron chi connectivity index (χ0n) is 21.9. The van der Waals surface area contributed by atoms with E-state index in [2.05, 4.69) is 4.74 Å². The van der Waals surface area contributed by atoms with Crippen molar-refractivity contribution in [3.63, 3.8) is 0 Å². The van der Waals surface area contributed by atoms with E-state index in [0.29, 0.717) is 0 Å². The highest BCUT2D eigenvalue weighted by atomic mass is 19.4. The molecule has 15 heteroatoms. The van der Waals surface area contributed by atoms with Gasteiger partial charge < -0.3 is 9.47 Å². The van der Waals surface area contributed by atoms with Crippen LogP contribution in [0.5, 0.6) is 0 Å². The van der Waals surface area contributed by atoms with Crippen LogP contribution in [-0.4, -0.2) is 43.0 Å². The summed E-state index contributed by atoms with van der Waals surface area (Å²) >= 11 is 0. The Morgan fingerprint density at radius 3 is 1.98 bits per heavy atom. The van der Waals surface area contributed by atoms with E-state index in [1.54, 1.807) is 0 Å². The Bertz CT molecular complexity index is 1240. The fourth-order valence-electron chi connectivity index (χ4n) is 4.98. The van der Waals surface area contributed by atoms with Crippen molar-refractivity contribution in [2.45, 2.75) is 63.3 Å². The number of anilines is 1. The second-order valence-corrected chi connectivity index (χ2v) is 9.18. The van der Waals surface area contributed by atoms with Crippen LogP contribution in [0.25, 0.3) is 0 Å². The molecule has 1 heterocycles. The van der Waals surface area contributed by atoms with Gasteiger partial charge in [-0.1, -0.05) is 25.1 Å². The van der Waals surface area contributed by atoms with Gasteiger partial charge >= 0.3 is 30.7 Å². The number of benzene rings is 2. The van der Waals surface area contributed by atoms with Crippen LogP contribution in [0.1, 0.15) is 48.9 Å². The quantitative estimate of drug-likeness (QED) is 0.328. The second kappa shape index (κ2) is 11.3. The molecule has 6 nitrogen and oxygen atoms in total. The third-order valence-corrected chi connectivity index (χ3v) is 6.75. The average molecular weight is 600 g/mol. The first-order valence-electron chi connectivity index (χ1n) is 12.2. The molecule has 3 rings (SSSR count). The molecule has 1 aliphatic heterocycles. The van der Waals surface area contributed by atoms with Crippen molar-refractivity contribution in [3.05, 3.63) is 64.7 Å². The maximum Gasteiger partial charge on any atom is 0.416 e. The van der Waals surface area contributed by atoms with E-state index in [0.717, 1.165) is 18.1 Å². The maximum absolute atomic E-state index is 15.3. The number of nitrogens with zero attached hydrogens (tertiary/aromatic N) is 2. The molecule has 0 bridgehead atoms. The fourth-order valence-corrected chi connectivity index (χ4v) is 4.98. The van der Waals surface area contributed by atoms with E-state index in [-0.39, 0.29) is 41.8 Å². The third-order valence-electron chi connectivity index (χ3n) is 6.75. The van der Waals surface area contributed by atoms with Gasteiger partial charge in [0, 0.05) is 18.0 Å². The molecule has 1 aliphatic rings. The monoisotopic (exact) mass is 600 g/mol. The Balaban J connectivity index is 2.34. The lowest BCUT2D eigenvalue weighted by molar-refractivity contribution is -0.238. The molecule has 0 fully saturated rings. The number of fused-ring (bicyclic) bond motifs is 1. The zero-order chi connectivity index (χ0) is 31.0. The first-order chi connectivity index (χ1) is 18.9. The summed E-state index contributed by atoms with van der Waals surface area (Å²) in [6, 6.07) is 3.74. The Labute approximate surface area is 228 Å². The van der Waals surface area contributed by atoms with Crippen LogP contribution in [0, 0.1) is 0 Å². The van der Waals surface area contributed by atoms with E-state index in [9.17, 15) is 35.9 Å². The van der Waals surface area contributed by atoms with E-state index < -0.39 is 77.5 Å². The van der Waals surface area contributed by atoms with Gasteiger partial charge in [0.2, 0.25) is 0 Å². The van der Waals surface area contributed by atoms with Crippen LogP contribution in [0.3, 0.4) is 0 Å². The van der Waals surface area contributed by atoms with Crippen molar-refractivity contribution in [2.24, 2.45) is 0 Å². The molecule has 0 spiro atoms. The van der Waals surface area contributed by atoms with Crippen LogP contribution in [0.2, 0.25) is 0 Å². The minimum Gasteiger partial charge on any atom is -0.453 e. The van der Waals surface area contributed by atoms with Crippen LogP contribution >= 0.6 is 0 Å². The topological polar surface area (TPSA) is 59.1 Å². The average Bonchev–Trinajstić information content (AvgIpc) is 2.88. The number of para-hydroxylation sites is 1. The highest BCUT2D eigenvalue weighted by Crippen LogP contribution is 2.55. The number of alkyl halides is 9. The molecule has 41 heavy (non-hydrogen) atoms. The van der Waals surface area contributed by atoms with Gasteiger partial charge in [0.1, 0.15) is 0 Å². The zero-order valence-corrected chi connectivity index (χ0v) is 21.9. The molecule has 2 amide bonds. The number of halogens is 9. The van der Waals surface area contributed by atoms with Gasteiger partial charge in [0.15, 0.2) is 5.54 Å². The summed E-state index contributed by atoms with van der Waals surface area (Å²) in [5, 5.41) is 0. The number of amides is 2. The first kappa shape index (κ1) is 31.9. The minimum atomic E-state index is -5.35. The van der Waals surface area contributed by atoms with Crippen LogP contribution in [-0.2, 0) is 33.9 Å². The molecule has 2 unspecified atom stereocenters. The van der Waals surface area contributed by atoms with E-state index in [1.165, 1.54) is 32.0 Å². The van der Waals surface area contributed by atoms with Crippen molar-refractivity contribution in [3.8, 4) is 0 Å². The van der Waals surface area contributed by atoms with Gasteiger partial charge in [-0.05, 0) is 43.2 Å². The van der Waals surface area contributed by atoms with Crippen molar-refractivity contribution >= 4 is 17.9 Å². The summed E-state index contributed by atoms with van der Waals surface area (Å²) in [5.74, 6) is 0. The second-order valence-electron chi connectivity index (χ2n) is 9.18. The molecule has 0 saturated carbocycles. The van der Waals surface area contributed by atoms with E-state index in [1.807, 2.05) is 0 Å². The lowest BCUT2D eigenvalue weighted by atomic mass is 9.75. The number of carbonyl (C=O) groups is 2. The summed E-state index contributed by atoms with van der Waals surface area (Å²) in [4.78, 5) is 26.9. The van der Waals surface area contributed by atoms with E-state index >= 15 is 13.2 Å². The van der Waals surface area contributed by atoms with Crippen molar-refractivity contribution in [1.82, 2.24) is 4.90 Å². The minimum absolute atomic E-state index is 0.0621. The predicted octanol–water partition coefficient (Wildman–Crippen LogP) is 7.90. The lowest BCUT2D eigenvalue weighted by Gasteiger charge is -2.52. The SMILES string of the molecule is CCOC(=O)N1c2ccccc2C(N(Cc2cc(C(F)(F)F)cc(C(F)(F)F)c2)C(=O)OC)(C(F)(F)F)CC1CC. The summed E-state index contributed by atoms with van der Waals surface area (Å²) in [5.41, 5.74) is -8.67. The van der Waals surface area contributed by atoms with Gasteiger partial charge in [-0.2, -0.15) is 39.5 Å².